The van der Waals surface area contributed by atoms with Gasteiger partial charge in [-0.05, 0) is 28.3 Å². The van der Waals surface area contributed by atoms with Crippen molar-refractivity contribution in [1.29, 1.82) is 0 Å². The van der Waals surface area contributed by atoms with E-state index < -0.39 is 30.1 Å². The van der Waals surface area contributed by atoms with E-state index in [4.69, 9.17) is 4.74 Å². The number of benzene rings is 3. The van der Waals surface area contributed by atoms with E-state index in [1.54, 1.807) is 6.07 Å². The summed E-state index contributed by atoms with van der Waals surface area (Å²) in [5.74, 6) is -1.68. The fraction of sp³-hybridized carbons (Fsp3) is 0.222. The quantitative estimate of drug-likeness (QED) is 0.468. The second-order valence-corrected chi connectivity index (χ2v) is 9.21. The van der Waals surface area contributed by atoms with Gasteiger partial charge in [-0.3, -0.25) is 9.69 Å². The molecule has 35 heavy (non-hydrogen) atoms. The minimum atomic E-state index is -1.15. The molecule has 1 aliphatic heterocycles. The van der Waals surface area contributed by atoms with Crippen molar-refractivity contribution in [1.82, 2.24) is 10.2 Å². The van der Waals surface area contributed by atoms with Crippen molar-refractivity contribution in [2.24, 2.45) is 0 Å². The Morgan fingerprint density at radius 2 is 1.63 bits per heavy atom. The Morgan fingerprint density at radius 3 is 2.34 bits per heavy atom. The van der Waals surface area contributed by atoms with Gasteiger partial charge in [0.05, 0.1) is 6.54 Å². The third kappa shape index (κ3) is 6.08. The highest BCUT2D eigenvalue weighted by atomic mass is 79.9. The van der Waals surface area contributed by atoms with Crippen molar-refractivity contribution < 1.29 is 24.2 Å². The molecule has 0 fully saturated rings. The minimum Gasteiger partial charge on any atom is -0.480 e. The van der Waals surface area contributed by atoms with Gasteiger partial charge in [-0.25, -0.2) is 9.59 Å². The molecule has 0 aliphatic carbocycles. The Kier molecular flexibility index (Phi) is 7.82. The Bertz CT molecular complexity index is 1220. The van der Waals surface area contributed by atoms with E-state index in [-0.39, 0.29) is 26.0 Å². The third-order valence-electron chi connectivity index (χ3n) is 5.99. The summed E-state index contributed by atoms with van der Waals surface area (Å²) in [5.41, 5.74) is 3.46. The van der Waals surface area contributed by atoms with Crippen LogP contribution in [0.4, 0.5) is 4.79 Å². The number of hydrogen-bond acceptors (Lipinski definition) is 4. The number of carboxylic acids is 1. The topological polar surface area (TPSA) is 95.9 Å². The average molecular weight is 537 g/mol. The summed E-state index contributed by atoms with van der Waals surface area (Å²) in [4.78, 5) is 39.7. The van der Waals surface area contributed by atoms with Crippen molar-refractivity contribution in [2.75, 3.05) is 0 Å². The predicted octanol–water partition coefficient (Wildman–Crippen LogP) is 4.32. The molecular weight excluding hydrogens is 512 g/mol. The van der Waals surface area contributed by atoms with Crippen LogP contribution < -0.4 is 5.32 Å². The number of amides is 2. The predicted molar refractivity (Wildman–Crippen MR) is 134 cm³/mol. The first kappa shape index (κ1) is 24.5. The van der Waals surface area contributed by atoms with Crippen LogP contribution in [0, 0.1) is 0 Å². The second-order valence-electron chi connectivity index (χ2n) is 8.35. The average Bonchev–Trinajstić information content (AvgIpc) is 2.87. The summed E-state index contributed by atoms with van der Waals surface area (Å²) in [6.45, 7) is 0.274. The van der Waals surface area contributed by atoms with E-state index in [1.807, 2.05) is 72.8 Å². The zero-order chi connectivity index (χ0) is 24.8. The number of nitrogens with zero attached hydrogens (tertiary/aromatic N) is 1. The van der Waals surface area contributed by atoms with E-state index in [0.717, 1.165) is 26.7 Å². The van der Waals surface area contributed by atoms with Crippen LogP contribution >= 0.6 is 15.9 Å². The Hall–Kier alpha value is -3.65. The molecule has 3 aromatic carbocycles. The molecule has 1 heterocycles. The molecule has 0 radical (unpaired) electrons. The molecule has 0 bridgehead atoms. The maximum absolute atomic E-state index is 13.4. The lowest BCUT2D eigenvalue weighted by atomic mass is 9.93. The van der Waals surface area contributed by atoms with E-state index in [2.05, 4.69) is 21.2 Å². The standard InChI is InChI=1S/C27H25BrN2O5/c28-22-13-7-6-11-20(22)14-23(26(32)33)29-25(31)24-15-19-10-4-5-12-21(19)16-30(24)27(34)35-17-18-8-2-1-3-9-18/h1-13,23-24H,14-17H2,(H,29,31)(H,32,33)/t23-,24+/m1/s1. The molecule has 8 heteroatoms. The number of nitrogens with one attached hydrogen (secondary N) is 1. The molecule has 3 aromatic rings. The molecule has 4 rings (SSSR count). The fourth-order valence-corrected chi connectivity index (χ4v) is 4.55. The molecule has 1 aliphatic rings. The van der Waals surface area contributed by atoms with Crippen LogP contribution in [-0.4, -0.2) is 40.1 Å². The van der Waals surface area contributed by atoms with Crippen molar-refractivity contribution in [2.45, 2.75) is 38.1 Å². The summed E-state index contributed by atoms with van der Waals surface area (Å²) in [7, 11) is 0. The molecule has 7 nitrogen and oxygen atoms in total. The molecule has 2 amide bonds. The summed E-state index contributed by atoms with van der Waals surface area (Å²) in [6.07, 6.45) is -0.255. The Labute approximate surface area is 211 Å². The van der Waals surface area contributed by atoms with Crippen LogP contribution in [0.2, 0.25) is 0 Å². The van der Waals surface area contributed by atoms with Crippen LogP contribution in [0.1, 0.15) is 22.3 Å². The number of halogens is 1. The SMILES string of the molecule is O=C(O)[C@@H](Cc1ccccc1Br)NC(=O)[C@@H]1Cc2ccccc2CN1C(=O)OCc1ccccc1. The first-order valence-corrected chi connectivity index (χ1v) is 12.0. The van der Waals surface area contributed by atoms with Crippen LogP contribution in [-0.2, 0) is 40.3 Å². The van der Waals surface area contributed by atoms with Crippen LogP contribution in [0.3, 0.4) is 0 Å². The first-order valence-electron chi connectivity index (χ1n) is 11.2. The number of carbonyl (C=O) groups excluding carboxylic acids is 2. The number of fused-ring (bicyclic) bond motifs is 1. The van der Waals surface area contributed by atoms with Crippen molar-refractivity contribution in [3.63, 3.8) is 0 Å². The van der Waals surface area contributed by atoms with Gasteiger partial charge in [-0.2, -0.15) is 0 Å². The minimum absolute atomic E-state index is 0.0753. The molecule has 0 saturated carbocycles. The molecule has 2 N–H and O–H groups in total. The Morgan fingerprint density at radius 1 is 0.971 bits per heavy atom. The number of ether oxygens (including phenoxy) is 1. The highest BCUT2D eigenvalue weighted by molar-refractivity contribution is 9.10. The molecule has 0 saturated heterocycles. The number of carboxylic acid groups (broad SMARTS) is 1. The van der Waals surface area contributed by atoms with Gasteiger partial charge in [-0.15, -0.1) is 0 Å². The highest BCUT2D eigenvalue weighted by Crippen LogP contribution is 2.25. The number of hydrogen-bond donors (Lipinski definition) is 2. The maximum atomic E-state index is 13.4. The van der Waals surface area contributed by atoms with Crippen molar-refractivity contribution in [3.8, 4) is 0 Å². The molecular formula is C27H25BrN2O5. The molecule has 0 spiro atoms. The van der Waals surface area contributed by atoms with Gasteiger partial charge in [0.2, 0.25) is 5.91 Å². The van der Waals surface area contributed by atoms with Gasteiger partial charge in [-0.1, -0.05) is 88.7 Å². The highest BCUT2D eigenvalue weighted by Gasteiger charge is 2.37. The normalized spacial score (nSPS) is 15.6. The van der Waals surface area contributed by atoms with E-state index in [1.165, 1.54) is 4.90 Å². The third-order valence-corrected chi connectivity index (χ3v) is 6.76. The number of rotatable bonds is 7. The number of aliphatic carboxylic acids is 1. The van der Waals surface area contributed by atoms with Gasteiger partial charge in [0.25, 0.3) is 0 Å². The van der Waals surface area contributed by atoms with E-state index >= 15 is 0 Å². The van der Waals surface area contributed by atoms with Gasteiger partial charge in [0.1, 0.15) is 18.7 Å². The summed E-state index contributed by atoms with van der Waals surface area (Å²) >= 11 is 3.42. The van der Waals surface area contributed by atoms with Gasteiger partial charge in [0.15, 0.2) is 0 Å². The lowest BCUT2D eigenvalue weighted by molar-refractivity contribution is -0.142. The monoisotopic (exact) mass is 536 g/mol. The zero-order valence-corrected chi connectivity index (χ0v) is 20.5. The Balaban J connectivity index is 1.52. The van der Waals surface area contributed by atoms with Gasteiger partial charge in [0, 0.05) is 17.3 Å². The second kappa shape index (κ2) is 11.2. The van der Waals surface area contributed by atoms with Crippen LogP contribution in [0.25, 0.3) is 0 Å². The number of carbonyl (C=O) groups is 3. The molecule has 0 aromatic heterocycles. The summed E-state index contributed by atoms with van der Waals surface area (Å²) < 4.78 is 6.27. The van der Waals surface area contributed by atoms with Crippen molar-refractivity contribution >= 4 is 33.9 Å². The largest absolute Gasteiger partial charge is 0.480 e. The molecule has 0 unspecified atom stereocenters. The van der Waals surface area contributed by atoms with Crippen LogP contribution in [0.15, 0.2) is 83.3 Å². The lowest BCUT2D eigenvalue weighted by Crippen LogP contribution is -2.56. The van der Waals surface area contributed by atoms with Crippen LogP contribution in [0.5, 0.6) is 0 Å². The summed E-state index contributed by atoms with van der Waals surface area (Å²) in [6, 6.07) is 22.1. The molecule has 2 atom stereocenters. The molecule has 180 valence electrons. The zero-order valence-electron chi connectivity index (χ0n) is 18.9. The smallest absolute Gasteiger partial charge is 0.411 e. The maximum Gasteiger partial charge on any atom is 0.411 e. The van der Waals surface area contributed by atoms with Gasteiger partial charge >= 0.3 is 12.1 Å². The van der Waals surface area contributed by atoms with Gasteiger partial charge < -0.3 is 15.2 Å². The summed E-state index contributed by atoms with van der Waals surface area (Å²) in [5, 5.41) is 12.4. The lowest BCUT2D eigenvalue weighted by Gasteiger charge is -2.35. The van der Waals surface area contributed by atoms with E-state index in [9.17, 15) is 19.5 Å². The van der Waals surface area contributed by atoms with E-state index in [0.29, 0.717) is 0 Å². The van der Waals surface area contributed by atoms with Crippen molar-refractivity contribution in [3.05, 3.63) is 106 Å². The first-order chi connectivity index (χ1) is 16.9. The fourth-order valence-electron chi connectivity index (χ4n) is 4.10.